The number of nitrogens with two attached hydrogens (primary N) is 1. The number of anilines is 1. The van der Waals surface area contributed by atoms with Crippen molar-refractivity contribution < 1.29 is 19.8 Å². The average molecular weight is 302 g/mol. The summed E-state index contributed by atoms with van der Waals surface area (Å²) in [6, 6.07) is 3.22. The maximum Gasteiger partial charge on any atom is 0.414 e. The number of benzene rings is 1. The Kier molecular flexibility index (Phi) is 6.67. The topological polar surface area (TPSA) is 113 Å². The molecule has 0 heterocycles. The highest BCUT2D eigenvalue weighted by atomic mass is 35.5. The Bertz CT molecular complexity index is 427. The molecule has 0 saturated heterocycles. The smallest absolute Gasteiger partial charge is 0.414 e. The fraction of sp³-hybridized carbons (Fsp3) is 0. The van der Waals surface area contributed by atoms with Crippen molar-refractivity contribution >= 4 is 52.4 Å². The van der Waals surface area contributed by atoms with Crippen LogP contribution in [0.3, 0.4) is 0 Å². The molecule has 0 unspecified atom stereocenters. The summed E-state index contributed by atoms with van der Waals surface area (Å²) < 4.78 is 0. The van der Waals surface area contributed by atoms with Gasteiger partial charge in [0, 0.05) is 0 Å². The largest absolute Gasteiger partial charge is 0.473 e. The first-order valence-corrected chi connectivity index (χ1v) is 5.01. The molecule has 0 spiro atoms. The minimum Gasteiger partial charge on any atom is -0.473 e. The lowest BCUT2D eigenvalue weighted by Gasteiger charge is -2.05. The molecular weight excluding hydrogens is 294 g/mol. The Hall–Kier alpha value is -1.21. The highest BCUT2D eigenvalue weighted by Gasteiger charge is 2.06. The molecule has 0 bridgehead atoms. The van der Waals surface area contributed by atoms with E-state index in [4.69, 9.17) is 60.4 Å². The molecule has 0 aliphatic rings. The number of hydrazine groups is 1. The molecule has 6 nitrogen and oxygen atoms in total. The van der Waals surface area contributed by atoms with Crippen LogP contribution in [-0.4, -0.2) is 22.2 Å². The van der Waals surface area contributed by atoms with Gasteiger partial charge in [0.2, 0.25) is 0 Å². The first kappa shape index (κ1) is 15.8. The van der Waals surface area contributed by atoms with Crippen LogP contribution >= 0.6 is 34.8 Å². The van der Waals surface area contributed by atoms with Crippen molar-refractivity contribution in [1.29, 1.82) is 0 Å². The molecule has 5 N–H and O–H groups in total. The predicted molar refractivity (Wildman–Crippen MR) is 64.6 cm³/mol. The minimum absolute atomic E-state index is 0.335. The first-order valence-electron chi connectivity index (χ1n) is 3.87. The summed E-state index contributed by atoms with van der Waals surface area (Å²) in [5.74, 6) is 1.49. The van der Waals surface area contributed by atoms with Crippen molar-refractivity contribution in [3.8, 4) is 0 Å². The Balaban J connectivity index is 0.000000366. The molecule has 0 fully saturated rings. The molecule has 0 aliphatic heterocycles. The molecule has 94 valence electrons. The van der Waals surface area contributed by atoms with Crippen LogP contribution in [0.25, 0.3) is 0 Å². The van der Waals surface area contributed by atoms with E-state index in [2.05, 4.69) is 5.43 Å². The molecule has 1 rings (SSSR count). The molecule has 1 aromatic rings. The number of carbonyl (C=O) groups is 2. The number of hydrogen-bond acceptors (Lipinski definition) is 4. The van der Waals surface area contributed by atoms with Crippen LogP contribution in [0.5, 0.6) is 0 Å². The number of carboxylic acid groups (broad SMARTS) is 2. The van der Waals surface area contributed by atoms with Gasteiger partial charge in [-0.25, -0.2) is 9.59 Å². The molecule has 1 aromatic carbocycles. The third kappa shape index (κ3) is 5.10. The van der Waals surface area contributed by atoms with Crippen molar-refractivity contribution in [2.75, 3.05) is 5.43 Å². The van der Waals surface area contributed by atoms with Crippen LogP contribution in [0.1, 0.15) is 0 Å². The number of aliphatic carboxylic acids is 2. The third-order valence-electron chi connectivity index (χ3n) is 1.37. The van der Waals surface area contributed by atoms with E-state index >= 15 is 0 Å². The Labute approximate surface area is 111 Å². The molecule has 0 saturated carbocycles. The molecule has 0 aromatic heterocycles. The lowest BCUT2D eigenvalue weighted by atomic mass is 10.3. The van der Waals surface area contributed by atoms with E-state index in [-0.39, 0.29) is 0 Å². The zero-order valence-corrected chi connectivity index (χ0v) is 10.3. The second-order valence-electron chi connectivity index (χ2n) is 2.47. The molecule has 9 heteroatoms. The maximum absolute atomic E-state index is 9.10. The van der Waals surface area contributed by atoms with Gasteiger partial charge < -0.3 is 15.6 Å². The molecule has 0 radical (unpaired) electrons. The molecule has 17 heavy (non-hydrogen) atoms. The third-order valence-corrected chi connectivity index (χ3v) is 2.49. The number of carboxylic acids is 2. The van der Waals surface area contributed by atoms with Crippen LogP contribution in [0.4, 0.5) is 5.69 Å². The van der Waals surface area contributed by atoms with E-state index in [0.29, 0.717) is 20.8 Å². The quantitative estimate of drug-likeness (QED) is 0.273. The zero-order chi connectivity index (χ0) is 13.6. The van der Waals surface area contributed by atoms with Crippen molar-refractivity contribution in [3.63, 3.8) is 0 Å². The van der Waals surface area contributed by atoms with E-state index in [1.54, 1.807) is 12.1 Å². The molecule has 0 aliphatic carbocycles. The summed E-state index contributed by atoms with van der Waals surface area (Å²) in [5.41, 5.74) is 2.80. The van der Waals surface area contributed by atoms with Crippen molar-refractivity contribution in [2.45, 2.75) is 0 Å². The number of rotatable bonds is 1. The van der Waals surface area contributed by atoms with E-state index < -0.39 is 11.9 Å². The van der Waals surface area contributed by atoms with Crippen molar-refractivity contribution in [1.82, 2.24) is 0 Å². The lowest BCUT2D eigenvalue weighted by molar-refractivity contribution is -0.159. The van der Waals surface area contributed by atoms with Gasteiger partial charge in [-0.1, -0.05) is 34.8 Å². The number of hydrogen-bond donors (Lipinski definition) is 4. The lowest BCUT2D eigenvalue weighted by Crippen LogP contribution is -2.09. The normalized spacial score (nSPS) is 8.94. The molecular formula is C8H7Cl3N2O4. The summed E-state index contributed by atoms with van der Waals surface area (Å²) in [6.45, 7) is 0. The average Bonchev–Trinajstić information content (AvgIpc) is 2.25. The highest BCUT2D eigenvalue weighted by Crippen LogP contribution is 2.34. The van der Waals surface area contributed by atoms with Gasteiger partial charge in [0.1, 0.15) is 0 Å². The monoisotopic (exact) mass is 300 g/mol. The SMILES string of the molecule is NNc1c(Cl)ccc(Cl)c1Cl.O=C(O)C(=O)O. The zero-order valence-electron chi connectivity index (χ0n) is 8.08. The van der Waals surface area contributed by atoms with Crippen LogP contribution in [-0.2, 0) is 9.59 Å². The van der Waals surface area contributed by atoms with Gasteiger partial charge in [0.25, 0.3) is 0 Å². The van der Waals surface area contributed by atoms with Gasteiger partial charge in [-0.2, -0.15) is 0 Å². The highest BCUT2D eigenvalue weighted by molar-refractivity contribution is 6.46. The minimum atomic E-state index is -1.82. The van der Waals surface area contributed by atoms with E-state index in [9.17, 15) is 0 Å². The van der Waals surface area contributed by atoms with Gasteiger partial charge in [0.15, 0.2) is 0 Å². The van der Waals surface area contributed by atoms with E-state index in [1.807, 2.05) is 0 Å². The van der Waals surface area contributed by atoms with Gasteiger partial charge in [-0.3, -0.25) is 5.84 Å². The van der Waals surface area contributed by atoms with Gasteiger partial charge in [-0.15, -0.1) is 0 Å². The fourth-order valence-electron chi connectivity index (χ4n) is 0.659. The van der Waals surface area contributed by atoms with Crippen LogP contribution in [0.2, 0.25) is 15.1 Å². The van der Waals surface area contributed by atoms with Crippen molar-refractivity contribution in [2.24, 2.45) is 5.84 Å². The second-order valence-corrected chi connectivity index (χ2v) is 3.67. The first-order chi connectivity index (χ1) is 7.81. The summed E-state index contributed by atoms with van der Waals surface area (Å²) in [4.78, 5) is 18.2. The van der Waals surface area contributed by atoms with Gasteiger partial charge >= 0.3 is 11.9 Å². The van der Waals surface area contributed by atoms with Gasteiger partial charge in [-0.05, 0) is 12.1 Å². The van der Waals surface area contributed by atoms with E-state index in [1.165, 1.54) is 0 Å². The number of nitrogens with one attached hydrogen (secondary N) is 1. The molecule has 0 amide bonds. The maximum atomic E-state index is 9.10. The summed E-state index contributed by atoms with van der Waals surface area (Å²) >= 11 is 17.1. The summed E-state index contributed by atoms with van der Waals surface area (Å²) in [5, 5.41) is 16.0. The van der Waals surface area contributed by atoms with Crippen LogP contribution in [0, 0.1) is 0 Å². The van der Waals surface area contributed by atoms with Crippen molar-refractivity contribution in [3.05, 3.63) is 27.2 Å². The van der Waals surface area contributed by atoms with Gasteiger partial charge in [0.05, 0.1) is 20.8 Å². The summed E-state index contributed by atoms with van der Waals surface area (Å²) in [6.07, 6.45) is 0. The Morgan fingerprint density at radius 2 is 1.47 bits per heavy atom. The summed E-state index contributed by atoms with van der Waals surface area (Å²) in [7, 11) is 0. The Morgan fingerprint density at radius 1 is 1.06 bits per heavy atom. The second kappa shape index (κ2) is 7.18. The van der Waals surface area contributed by atoms with E-state index in [0.717, 1.165) is 0 Å². The number of nitrogen functional groups attached to an aromatic ring is 1. The fourth-order valence-corrected chi connectivity index (χ4v) is 1.30. The number of halogens is 3. The van der Waals surface area contributed by atoms with Crippen LogP contribution < -0.4 is 11.3 Å². The molecule has 0 atom stereocenters. The van der Waals surface area contributed by atoms with Crippen LogP contribution in [0.15, 0.2) is 12.1 Å². The Morgan fingerprint density at radius 3 is 1.76 bits per heavy atom. The predicted octanol–water partition coefficient (Wildman–Crippen LogP) is 2.09. The standard InChI is InChI=1S/C6H5Cl3N2.C2H2O4/c7-3-1-2-4(8)6(11-10)5(3)9;3-1(4)2(5)6/h1-2,11H,10H2;(H,3,4)(H,5,6).